The van der Waals surface area contributed by atoms with Crippen LogP contribution < -0.4 is 0 Å². The molecule has 0 spiro atoms. The van der Waals surface area contributed by atoms with Crippen LogP contribution in [-0.2, 0) is 4.74 Å². The summed E-state index contributed by atoms with van der Waals surface area (Å²) in [5.74, 6) is -0.725. The fraction of sp³-hybridized carbons (Fsp3) is 0.160. The summed E-state index contributed by atoms with van der Waals surface area (Å²) in [5, 5.41) is 19.9. The molecular formula is C25H22N4O3. The number of para-hydroxylation sites is 2. The monoisotopic (exact) mass is 426 g/mol. The third kappa shape index (κ3) is 3.86. The summed E-state index contributed by atoms with van der Waals surface area (Å²) in [4.78, 5) is 20.0. The van der Waals surface area contributed by atoms with Gasteiger partial charge in [0.1, 0.15) is 18.2 Å². The number of ether oxygens (including phenoxy) is 1. The Morgan fingerprint density at radius 3 is 2.56 bits per heavy atom. The summed E-state index contributed by atoms with van der Waals surface area (Å²) in [6.45, 7) is 5.33. The number of hydrogen-bond acceptors (Lipinski definition) is 5. The van der Waals surface area contributed by atoms with E-state index in [0.717, 1.165) is 28.2 Å². The highest BCUT2D eigenvalue weighted by Crippen LogP contribution is 2.23. The number of carbonyl (C=O) groups excluding carboxylic acids is 1. The number of nitrogens with zero attached hydrogens (tertiary/aromatic N) is 3. The van der Waals surface area contributed by atoms with Crippen LogP contribution in [0.5, 0.6) is 0 Å². The number of aliphatic hydroxyl groups excluding tert-OH is 1. The van der Waals surface area contributed by atoms with Gasteiger partial charge in [0.2, 0.25) is 0 Å². The number of benzene rings is 2. The number of aromatic nitrogens is 3. The third-order valence-corrected chi connectivity index (χ3v) is 5.31. The Hall–Kier alpha value is -4.31. The Labute approximate surface area is 185 Å². The fourth-order valence-electron chi connectivity index (χ4n) is 3.67. The molecule has 7 heteroatoms. The SMILES string of the molecule is Cc1ccc(-n2c(C)cc(C(=O)OCC(O)=C(C#N)c3nc4ccccc4[nH]3)c2C)cc1. The topological polar surface area (TPSA) is 104 Å². The zero-order valence-corrected chi connectivity index (χ0v) is 18.0. The van der Waals surface area contributed by atoms with Gasteiger partial charge in [-0.3, -0.25) is 0 Å². The Balaban J connectivity index is 1.56. The second kappa shape index (κ2) is 8.44. The molecule has 0 aliphatic carbocycles. The van der Waals surface area contributed by atoms with E-state index in [1.54, 1.807) is 12.1 Å². The van der Waals surface area contributed by atoms with Crippen molar-refractivity contribution in [3.05, 3.63) is 88.7 Å². The maximum Gasteiger partial charge on any atom is 0.340 e. The van der Waals surface area contributed by atoms with Gasteiger partial charge in [-0.15, -0.1) is 0 Å². The number of esters is 1. The number of rotatable bonds is 5. The van der Waals surface area contributed by atoms with Crippen LogP contribution in [0.15, 0.2) is 60.4 Å². The van der Waals surface area contributed by atoms with Crippen LogP contribution in [0.3, 0.4) is 0 Å². The van der Waals surface area contributed by atoms with Crippen molar-refractivity contribution in [3.63, 3.8) is 0 Å². The fourth-order valence-corrected chi connectivity index (χ4v) is 3.67. The van der Waals surface area contributed by atoms with Crippen LogP contribution >= 0.6 is 0 Å². The van der Waals surface area contributed by atoms with Gasteiger partial charge in [0, 0.05) is 17.1 Å². The summed E-state index contributed by atoms with van der Waals surface area (Å²) < 4.78 is 7.29. The van der Waals surface area contributed by atoms with Crippen LogP contribution in [0.4, 0.5) is 0 Å². The molecule has 0 aliphatic rings. The number of aryl methyl sites for hydroxylation is 2. The second-order valence-electron chi connectivity index (χ2n) is 7.57. The molecule has 0 saturated carbocycles. The molecule has 0 atom stereocenters. The molecule has 2 heterocycles. The smallest absolute Gasteiger partial charge is 0.340 e. The van der Waals surface area contributed by atoms with Crippen molar-refractivity contribution < 1.29 is 14.6 Å². The van der Waals surface area contributed by atoms with E-state index < -0.39 is 12.6 Å². The lowest BCUT2D eigenvalue weighted by Crippen LogP contribution is -2.10. The van der Waals surface area contributed by atoms with E-state index in [-0.39, 0.29) is 17.2 Å². The second-order valence-corrected chi connectivity index (χ2v) is 7.57. The van der Waals surface area contributed by atoms with Gasteiger partial charge in [0.25, 0.3) is 0 Å². The Morgan fingerprint density at radius 1 is 1.16 bits per heavy atom. The first-order chi connectivity index (χ1) is 15.4. The largest absolute Gasteiger partial charge is 0.507 e. The van der Waals surface area contributed by atoms with E-state index in [9.17, 15) is 15.2 Å². The van der Waals surface area contributed by atoms with E-state index in [2.05, 4.69) is 9.97 Å². The van der Waals surface area contributed by atoms with E-state index in [0.29, 0.717) is 11.1 Å². The lowest BCUT2D eigenvalue weighted by molar-refractivity contribution is 0.0502. The van der Waals surface area contributed by atoms with Crippen molar-refractivity contribution in [1.82, 2.24) is 14.5 Å². The molecule has 2 aromatic heterocycles. The summed E-state index contributed by atoms with van der Waals surface area (Å²) in [6, 6.07) is 19.0. The molecule has 0 aliphatic heterocycles. The van der Waals surface area contributed by atoms with Gasteiger partial charge < -0.3 is 19.4 Å². The average Bonchev–Trinajstić information content (AvgIpc) is 3.33. The molecule has 2 N–H and O–H groups in total. The number of H-pyrrole nitrogens is 1. The molecule has 2 aromatic carbocycles. The minimum Gasteiger partial charge on any atom is -0.507 e. The molecule has 0 amide bonds. The predicted molar refractivity (Wildman–Crippen MR) is 122 cm³/mol. The highest BCUT2D eigenvalue weighted by Gasteiger charge is 2.20. The first-order valence-electron chi connectivity index (χ1n) is 10.1. The van der Waals surface area contributed by atoms with Crippen molar-refractivity contribution >= 4 is 22.6 Å². The zero-order valence-electron chi connectivity index (χ0n) is 18.0. The number of carbonyl (C=O) groups is 1. The minimum absolute atomic E-state index is 0.0703. The number of nitriles is 1. The molecule has 4 rings (SSSR count). The molecule has 0 unspecified atom stereocenters. The van der Waals surface area contributed by atoms with Gasteiger partial charge in [0.05, 0.1) is 16.6 Å². The molecule has 7 nitrogen and oxygen atoms in total. The molecule has 0 bridgehead atoms. The standard InChI is InChI=1S/C25H22N4O3/c1-15-8-10-18(11-9-15)29-16(2)12-19(17(29)3)25(31)32-14-23(30)20(13-26)24-27-21-6-4-5-7-22(21)28-24/h4-12,30H,14H2,1-3H3,(H,27,28). The van der Waals surface area contributed by atoms with Crippen LogP contribution in [-0.4, -0.2) is 32.2 Å². The van der Waals surface area contributed by atoms with Crippen molar-refractivity contribution in [2.24, 2.45) is 0 Å². The Morgan fingerprint density at radius 2 is 1.88 bits per heavy atom. The van der Waals surface area contributed by atoms with Crippen LogP contribution in [0.25, 0.3) is 22.3 Å². The maximum absolute atomic E-state index is 12.7. The molecule has 160 valence electrons. The van der Waals surface area contributed by atoms with Gasteiger partial charge >= 0.3 is 5.97 Å². The first-order valence-corrected chi connectivity index (χ1v) is 10.1. The van der Waals surface area contributed by atoms with E-state index >= 15 is 0 Å². The van der Waals surface area contributed by atoms with E-state index in [1.165, 1.54) is 0 Å². The highest BCUT2D eigenvalue weighted by atomic mass is 16.5. The maximum atomic E-state index is 12.7. The molecule has 0 radical (unpaired) electrons. The molecular weight excluding hydrogens is 404 g/mol. The van der Waals surface area contributed by atoms with E-state index in [4.69, 9.17) is 4.74 Å². The average molecular weight is 426 g/mol. The lowest BCUT2D eigenvalue weighted by Gasteiger charge is -2.10. The molecule has 4 aromatic rings. The normalized spacial score (nSPS) is 11.8. The molecule has 0 saturated heterocycles. The number of aliphatic hydroxyl groups is 1. The third-order valence-electron chi connectivity index (χ3n) is 5.31. The number of imidazole rings is 1. The summed E-state index contributed by atoms with van der Waals surface area (Å²) in [7, 11) is 0. The number of aromatic amines is 1. The summed E-state index contributed by atoms with van der Waals surface area (Å²) in [6.07, 6.45) is 0. The van der Waals surface area contributed by atoms with Crippen molar-refractivity contribution in [2.45, 2.75) is 20.8 Å². The van der Waals surface area contributed by atoms with Crippen LogP contribution in [0, 0.1) is 32.1 Å². The predicted octanol–water partition coefficient (Wildman–Crippen LogP) is 4.93. The van der Waals surface area contributed by atoms with Crippen molar-refractivity contribution in [1.29, 1.82) is 5.26 Å². The molecule has 0 fully saturated rings. The first kappa shape index (κ1) is 20.9. The lowest BCUT2D eigenvalue weighted by atomic mass is 10.2. The number of nitrogens with one attached hydrogen (secondary N) is 1. The van der Waals surface area contributed by atoms with Gasteiger partial charge in [0.15, 0.2) is 11.6 Å². The number of hydrogen-bond donors (Lipinski definition) is 2. The molecule has 32 heavy (non-hydrogen) atoms. The highest BCUT2D eigenvalue weighted by molar-refractivity contribution is 5.91. The van der Waals surface area contributed by atoms with Gasteiger partial charge in [-0.25, -0.2) is 9.78 Å². The quantitative estimate of drug-likeness (QED) is 0.268. The number of allylic oxidation sites excluding steroid dienone is 1. The Bertz CT molecular complexity index is 1350. The Kier molecular flexibility index (Phi) is 5.52. The zero-order chi connectivity index (χ0) is 22.8. The van der Waals surface area contributed by atoms with Crippen molar-refractivity contribution in [2.75, 3.05) is 6.61 Å². The van der Waals surface area contributed by atoms with Crippen LogP contribution in [0.1, 0.15) is 33.1 Å². The van der Waals surface area contributed by atoms with Gasteiger partial charge in [-0.05, 0) is 51.1 Å². The van der Waals surface area contributed by atoms with Gasteiger partial charge in [-0.1, -0.05) is 29.8 Å². The minimum atomic E-state index is -0.579. The summed E-state index contributed by atoms with van der Waals surface area (Å²) >= 11 is 0. The van der Waals surface area contributed by atoms with Crippen LogP contribution in [0.2, 0.25) is 0 Å². The van der Waals surface area contributed by atoms with Crippen molar-refractivity contribution in [3.8, 4) is 11.8 Å². The van der Waals surface area contributed by atoms with Gasteiger partial charge in [-0.2, -0.15) is 5.26 Å². The summed E-state index contributed by atoms with van der Waals surface area (Å²) in [5.41, 5.74) is 5.46. The number of fused-ring (bicyclic) bond motifs is 1. The van der Waals surface area contributed by atoms with E-state index in [1.807, 2.05) is 73.9 Å².